The summed E-state index contributed by atoms with van der Waals surface area (Å²) in [4.78, 5) is 26.6. The predicted octanol–water partition coefficient (Wildman–Crippen LogP) is 5.87. The minimum absolute atomic E-state index is 0.00491. The van der Waals surface area contributed by atoms with Crippen molar-refractivity contribution in [1.29, 1.82) is 0 Å². The van der Waals surface area contributed by atoms with Crippen LogP contribution in [0, 0.1) is 0 Å². The Hall–Kier alpha value is -3.55. The molecular weight excluding hydrogens is 506 g/mol. The summed E-state index contributed by atoms with van der Waals surface area (Å²) in [7, 11) is 0. The van der Waals surface area contributed by atoms with Gasteiger partial charge in [0.1, 0.15) is 5.75 Å². The van der Waals surface area contributed by atoms with Gasteiger partial charge in [0.05, 0.1) is 5.56 Å². The molecule has 0 aromatic heterocycles. The maximum absolute atomic E-state index is 13.6. The fraction of sp³-hybridized carbons (Fsp3) is 0.0400. The fourth-order valence-corrected chi connectivity index (χ4v) is 4.43. The number of phenolic OH excluding ortho intramolecular Hbond substituents is 1. The predicted molar refractivity (Wildman–Crippen MR) is 131 cm³/mol. The molecule has 8 heteroatoms. The molecule has 33 heavy (non-hydrogen) atoms. The smallest absolute Gasteiger partial charge is 0.276 e. The van der Waals surface area contributed by atoms with Crippen molar-refractivity contribution in [3.63, 3.8) is 0 Å². The molecule has 2 amide bonds. The van der Waals surface area contributed by atoms with Crippen molar-refractivity contribution in [3.8, 4) is 5.75 Å². The van der Waals surface area contributed by atoms with Crippen LogP contribution >= 0.6 is 27.5 Å². The first-order chi connectivity index (χ1) is 15.9. The second-order valence-electron chi connectivity index (χ2n) is 7.58. The lowest BCUT2D eigenvalue weighted by atomic mass is 9.98. The number of hydrogen-bond donors (Lipinski definition) is 3. The number of phenols is 1. The van der Waals surface area contributed by atoms with Crippen molar-refractivity contribution in [2.24, 2.45) is 0 Å². The van der Waals surface area contributed by atoms with Crippen LogP contribution in [0.4, 0.5) is 5.69 Å². The van der Waals surface area contributed by atoms with Gasteiger partial charge in [-0.05, 0) is 59.3 Å². The second kappa shape index (κ2) is 8.42. The number of amides is 2. The third-order valence-electron chi connectivity index (χ3n) is 5.53. The molecule has 4 aromatic rings. The van der Waals surface area contributed by atoms with E-state index in [1.807, 2.05) is 30.3 Å². The summed E-state index contributed by atoms with van der Waals surface area (Å²) in [5.41, 5.74) is 4.52. The van der Waals surface area contributed by atoms with Crippen LogP contribution in [0.3, 0.4) is 0 Å². The number of aromatic hydroxyl groups is 1. The quantitative estimate of drug-likeness (QED) is 0.314. The monoisotopic (exact) mass is 521 g/mol. The Balaban J connectivity index is 1.64. The molecule has 0 fully saturated rings. The van der Waals surface area contributed by atoms with E-state index < -0.39 is 18.0 Å². The summed E-state index contributed by atoms with van der Waals surface area (Å²) in [6.07, 6.45) is -0.853. The fourth-order valence-electron chi connectivity index (χ4n) is 3.94. The number of halogens is 2. The van der Waals surface area contributed by atoms with E-state index in [4.69, 9.17) is 11.6 Å². The molecule has 164 valence electrons. The highest BCUT2D eigenvalue weighted by Crippen LogP contribution is 2.40. The second-order valence-corrected chi connectivity index (χ2v) is 8.93. The topological polar surface area (TPSA) is 81.7 Å². The molecule has 6 nitrogen and oxygen atoms in total. The first-order valence-electron chi connectivity index (χ1n) is 10.1. The molecule has 0 radical (unpaired) electrons. The van der Waals surface area contributed by atoms with Crippen LogP contribution in [-0.4, -0.2) is 21.9 Å². The minimum Gasteiger partial charge on any atom is -0.507 e. The van der Waals surface area contributed by atoms with Gasteiger partial charge in [0, 0.05) is 26.3 Å². The molecule has 1 atom stereocenters. The zero-order valence-corrected chi connectivity index (χ0v) is 19.4. The van der Waals surface area contributed by atoms with Gasteiger partial charge in [-0.1, -0.05) is 57.9 Å². The lowest BCUT2D eigenvalue weighted by Gasteiger charge is -2.38. The van der Waals surface area contributed by atoms with Crippen molar-refractivity contribution in [1.82, 2.24) is 10.4 Å². The molecule has 0 aliphatic carbocycles. The van der Waals surface area contributed by atoms with Crippen molar-refractivity contribution in [2.75, 3.05) is 5.32 Å². The van der Waals surface area contributed by atoms with Gasteiger partial charge in [-0.3, -0.25) is 15.0 Å². The van der Waals surface area contributed by atoms with Gasteiger partial charge in [0.15, 0.2) is 6.17 Å². The van der Waals surface area contributed by atoms with E-state index in [9.17, 15) is 14.7 Å². The maximum atomic E-state index is 13.6. The van der Waals surface area contributed by atoms with Crippen LogP contribution in [0.5, 0.6) is 5.75 Å². The summed E-state index contributed by atoms with van der Waals surface area (Å²) in [5.74, 6) is -0.889. The average Bonchev–Trinajstić information content (AvgIpc) is 2.82. The number of carbonyl (C=O) groups excluding carboxylic acids is 2. The van der Waals surface area contributed by atoms with Crippen LogP contribution in [0.2, 0.25) is 5.02 Å². The highest BCUT2D eigenvalue weighted by atomic mass is 79.9. The summed E-state index contributed by atoms with van der Waals surface area (Å²) < 4.78 is 0.729. The van der Waals surface area contributed by atoms with Crippen LogP contribution in [0.15, 0.2) is 83.3 Å². The maximum Gasteiger partial charge on any atom is 0.276 e. The Morgan fingerprint density at radius 2 is 1.79 bits per heavy atom. The van der Waals surface area contributed by atoms with E-state index in [-0.39, 0.29) is 5.75 Å². The highest BCUT2D eigenvalue weighted by molar-refractivity contribution is 9.10. The largest absolute Gasteiger partial charge is 0.507 e. The van der Waals surface area contributed by atoms with Crippen LogP contribution < -0.4 is 10.7 Å². The summed E-state index contributed by atoms with van der Waals surface area (Å²) in [5, 5.41) is 17.5. The minimum atomic E-state index is -0.853. The van der Waals surface area contributed by atoms with Gasteiger partial charge in [-0.25, -0.2) is 5.01 Å². The molecule has 5 rings (SSSR count). The molecule has 0 spiro atoms. The lowest BCUT2D eigenvalue weighted by Crippen LogP contribution is -2.53. The third kappa shape index (κ3) is 3.90. The van der Waals surface area contributed by atoms with E-state index in [2.05, 4.69) is 26.7 Å². The number of nitrogens with one attached hydrogen (secondary N) is 2. The number of rotatable bonds is 3. The van der Waals surface area contributed by atoms with Crippen LogP contribution in [-0.2, 0) is 0 Å². The highest BCUT2D eigenvalue weighted by Gasteiger charge is 2.37. The summed E-state index contributed by atoms with van der Waals surface area (Å²) in [6, 6.07) is 22.6. The summed E-state index contributed by atoms with van der Waals surface area (Å²) in [6.45, 7) is 0. The van der Waals surface area contributed by atoms with Gasteiger partial charge in [-0.15, -0.1) is 0 Å². The van der Waals surface area contributed by atoms with E-state index in [1.54, 1.807) is 48.5 Å². The standard InChI is InChI=1S/C25H17BrClN3O3/c26-16-8-11-20-19(13-16)25(33)30(29-24(32)15-5-9-17(27)10-6-15)23(28-20)22-18-4-2-1-3-14(18)7-12-21(22)31/h1-13,23,28,31H,(H,29,32)/t23-/m1/s1. The lowest BCUT2D eigenvalue weighted by molar-refractivity contribution is 0.0490. The Morgan fingerprint density at radius 1 is 1.03 bits per heavy atom. The first-order valence-corrected chi connectivity index (χ1v) is 11.3. The van der Waals surface area contributed by atoms with Crippen molar-refractivity contribution in [3.05, 3.63) is 105 Å². The molecule has 3 N–H and O–H groups in total. The number of fused-ring (bicyclic) bond motifs is 2. The van der Waals surface area contributed by atoms with E-state index in [0.29, 0.717) is 27.4 Å². The molecule has 0 saturated carbocycles. The van der Waals surface area contributed by atoms with Crippen molar-refractivity contribution >= 4 is 55.8 Å². The van der Waals surface area contributed by atoms with Gasteiger partial charge in [-0.2, -0.15) is 0 Å². The zero-order valence-electron chi connectivity index (χ0n) is 17.0. The van der Waals surface area contributed by atoms with Gasteiger partial charge >= 0.3 is 0 Å². The number of benzene rings is 4. The number of anilines is 1. The molecule has 4 aromatic carbocycles. The zero-order chi connectivity index (χ0) is 23.1. The summed E-state index contributed by atoms with van der Waals surface area (Å²) >= 11 is 9.34. The molecular formula is C25H17BrClN3O3. The number of hydrogen-bond acceptors (Lipinski definition) is 4. The first kappa shape index (κ1) is 21.3. The molecule has 0 bridgehead atoms. The number of nitrogens with zero attached hydrogens (tertiary/aromatic N) is 1. The van der Waals surface area contributed by atoms with Crippen LogP contribution in [0.25, 0.3) is 10.8 Å². The third-order valence-corrected chi connectivity index (χ3v) is 6.28. The van der Waals surface area contributed by atoms with Gasteiger partial charge < -0.3 is 10.4 Å². The Kier molecular flexibility index (Phi) is 5.44. The Bertz CT molecular complexity index is 1410. The van der Waals surface area contributed by atoms with E-state index >= 15 is 0 Å². The molecule has 0 unspecified atom stereocenters. The SMILES string of the molecule is O=C(NN1C(=O)c2cc(Br)ccc2N[C@H]1c1c(O)ccc2ccccc12)c1ccc(Cl)cc1. The van der Waals surface area contributed by atoms with E-state index in [1.165, 1.54) is 5.01 Å². The molecule has 1 heterocycles. The number of carbonyl (C=O) groups is 2. The van der Waals surface area contributed by atoms with Gasteiger partial charge in [0.2, 0.25) is 0 Å². The van der Waals surface area contributed by atoms with Crippen molar-refractivity contribution < 1.29 is 14.7 Å². The number of hydrazine groups is 1. The Morgan fingerprint density at radius 3 is 2.58 bits per heavy atom. The molecule has 0 saturated heterocycles. The molecule has 1 aliphatic heterocycles. The van der Waals surface area contributed by atoms with E-state index in [0.717, 1.165) is 15.2 Å². The van der Waals surface area contributed by atoms with Gasteiger partial charge in [0.25, 0.3) is 11.8 Å². The average molecular weight is 523 g/mol. The normalized spacial score (nSPS) is 15.2. The Labute approximate surface area is 202 Å². The van der Waals surface area contributed by atoms with Crippen LogP contribution in [0.1, 0.15) is 32.4 Å². The molecule has 1 aliphatic rings. The van der Waals surface area contributed by atoms with Crippen molar-refractivity contribution in [2.45, 2.75) is 6.17 Å².